The van der Waals surface area contributed by atoms with E-state index < -0.39 is 31.0 Å². The molecule has 1 saturated heterocycles. The fraction of sp³-hybridized carbons (Fsp3) is 0.667. The van der Waals surface area contributed by atoms with E-state index >= 15 is 0 Å². The number of hydrogen-bond donors (Lipinski definition) is 2. The predicted octanol–water partition coefficient (Wildman–Crippen LogP) is -1.47. The molecule has 3 N–H and O–H groups in total. The number of carboxylic acid groups (broad SMARTS) is 1. The van der Waals surface area contributed by atoms with Crippen LogP contribution in [0.25, 0.3) is 0 Å². The Hall–Kier alpha value is -2.32. The summed E-state index contributed by atoms with van der Waals surface area (Å²) < 4.78 is 0. The van der Waals surface area contributed by atoms with Crippen LogP contribution in [0.5, 0.6) is 0 Å². The maximum absolute atomic E-state index is 12.3. The number of carbonyl (C=O) groups is 4. The zero-order chi connectivity index (χ0) is 16.0. The minimum atomic E-state index is -1.22. The molecule has 0 aromatic rings. The molecule has 9 nitrogen and oxygen atoms in total. The Labute approximate surface area is 122 Å². The van der Waals surface area contributed by atoms with Gasteiger partial charge in [0.1, 0.15) is 13.1 Å². The smallest absolute Gasteiger partial charge is 0.323 e. The molecule has 0 saturated carbocycles. The third kappa shape index (κ3) is 5.28. The Bertz CT molecular complexity index is 423. The van der Waals surface area contributed by atoms with E-state index in [2.05, 4.69) is 0 Å². The fourth-order valence-corrected chi connectivity index (χ4v) is 2.17. The second kappa shape index (κ2) is 7.46. The van der Waals surface area contributed by atoms with Crippen LogP contribution in [0.3, 0.4) is 0 Å². The molecule has 0 unspecified atom stereocenters. The maximum atomic E-state index is 12.3. The molecule has 1 rings (SSSR count). The number of carbonyl (C=O) groups excluding carboxylic acids is 3. The van der Waals surface area contributed by atoms with Crippen LogP contribution in [0.2, 0.25) is 0 Å². The van der Waals surface area contributed by atoms with Crippen LogP contribution < -0.4 is 5.73 Å². The minimum Gasteiger partial charge on any atom is -0.480 e. The Morgan fingerprint density at radius 1 is 1.05 bits per heavy atom. The Morgan fingerprint density at radius 2 is 1.62 bits per heavy atom. The first-order valence-corrected chi connectivity index (χ1v) is 6.60. The molecule has 118 valence electrons. The van der Waals surface area contributed by atoms with Gasteiger partial charge in [0.25, 0.3) is 0 Å². The number of aliphatic carboxylic acids is 1. The molecule has 1 aliphatic rings. The largest absolute Gasteiger partial charge is 0.480 e. The summed E-state index contributed by atoms with van der Waals surface area (Å²) in [7, 11) is 0. The summed E-state index contributed by atoms with van der Waals surface area (Å²) in [6, 6.07) is -0.554. The quantitative estimate of drug-likeness (QED) is 0.656. The minimum absolute atomic E-state index is 0.0659. The number of hydrogen-bond acceptors (Lipinski definition) is 4. The van der Waals surface area contributed by atoms with E-state index in [0.29, 0.717) is 32.6 Å². The van der Waals surface area contributed by atoms with Crippen molar-refractivity contribution in [2.45, 2.75) is 13.3 Å². The summed E-state index contributed by atoms with van der Waals surface area (Å²) in [5.74, 6) is -2.06. The summed E-state index contributed by atoms with van der Waals surface area (Å²) in [6.45, 7) is 2.06. The highest BCUT2D eigenvalue weighted by Crippen LogP contribution is 2.07. The Kier molecular flexibility index (Phi) is 5.94. The molecule has 0 aromatic carbocycles. The van der Waals surface area contributed by atoms with Crippen molar-refractivity contribution in [3.8, 4) is 0 Å². The second-order valence-electron chi connectivity index (χ2n) is 4.85. The van der Waals surface area contributed by atoms with Gasteiger partial charge in [0.2, 0.25) is 11.8 Å². The lowest BCUT2D eigenvalue weighted by atomic mass is 10.4. The topological polar surface area (TPSA) is 124 Å². The molecule has 0 atom stereocenters. The zero-order valence-electron chi connectivity index (χ0n) is 11.9. The van der Waals surface area contributed by atoms with Crippen molar-refractivity contribution in [3.63, 3.8) is 0 Å². The lowest BCUT2D eigenvalue weighted by molar-refractivity contribution is -0.138. The summed E-state index contributed by atoms with van der Waals surface area (Å²) >= 11 is 0. The molecule has 21 heavy (non-hydrogen) atoms. The predicted molar refractivity (Wildman–Crippen MR) is 72.2 cm³/mol. The molecule has 4 amide bonds. The van der Waals surface area contributed by atoms with Crippen LogP contribution in [0, 0.1) is 0 Å². The molecular formula is C12H20N4O5. The third-order valence-corrected chi connectivity index (χ3v) is 3.16. The summed E-state index contributed by atoms with van der Waals surface area (Å²) in [6.07, 6.45) is 0.600. The number of nitrogens with two attached hydrogens (primary N) is 1. The number of nitrogens with zero attached hydrogens (tertiary/aromatic N) is 3. The van der Waals surface area contributed by atoms with Gasteiger partial charge in [0.05, 0.1) is 0 Å². The number of carboxylic acids is 1. The standard InChI is InChI=1S/C12H20N4O5/c1-9(17)14-3-2-4-15(6-5-14)12(21)16(7-10(13)18)8-11(19)20/h2-8H2,1H3,(H2,13,18)(H,19,20). The van der Waals surface area contributed by atoms with E-state index in [1.165, 1.54) is 11.8 Å². The van der Waals surface area contributed by atoms with Gasteiger partial charge in [0, 0.05) is 33.1 Å². The third-order valence-electron chi connectivity index (χ3n) is 3.16. The van der Waals surface area contributed by atoms with Crippen molar-refractivity contribution in [1.29, 1.82) is 0 Å². The fourth-order valence-electron chi connectivity index (χ4n) is 2.17. The maximum Gasteiger partial charge on any atom is 0.323 e. The summed E-state index contributed by atoms with van der Waals surface area (Å²) in [5.41, 5.74) is 5.03. The van der Waals surface area contributed by atoms with Crippen LogP contribution in [0.15, 0.2) is 0 Å². The van der Waals surface area contributed by atoms with E-state index in [-0.39, 0.29) is 5.91 Å². The molecule has 9 heteroatoms. The van der Waals surface area contributed by atoms with Crippen LogP contribution in [-0.2, 0) is 14.4 Å². The van der Waals surface area contributed by atoms with Gasteiger partial charge in [-0.15, -0.1) is 0 Å². The van der Waals surface area contributed by atoms with Gasteiger partial charge in [-0.25, -0.2) is 4.79 Å². The molecule has 1 aliphatic heterocycles. The normalized spacial score (nSPS) is 15.3. The van der Waals surface area contributed by atoms with Gasteiger partial charge in [-0.1, -0.05) is 0 Å². The van der Waals surface area contributed by atoms with Gasteiger partial charge in [-0.3, -0.25) is 14.4 Å². The van der Waals surface area contributed by atoms with Gasteiger partial charge >= 0.3 is 12.0 Å². The van der Waals surface area contributed by atoms with Crippen molar-refractivity contribution in [3.05, 3.63) is 0 Å². The van der Waals surface area contributed by atoms with E-state index in [0.717, 1.165) is 4.90 Å². The van der Waals surface area contributed by atoms with Crippen molar-refractivity contribution in [1.82, 2.24) is 14.7 Å². The van der Waals surface area contributed by atoms with Crippen LogP contribution in [0.1, 0.15) is 13.3 Å². The zero-order valence-corrected chi connectivity index (χ0v) is 11.9. The average Bonchev–Trinajstić information content (AvgIpc) is 2.61. The first-order chi connectivity index (χ1) is 9.81. The van der Waals surface area contributed by atoms with Crippen molar-refractivity contribution in [2.24, 2.45) is 5.73 Å². The first kappa shape index (κ1) is 16.7. The van der Waals surface area contributed by atoms with E-state index in [1.807, 2.05) is 0 Å². The molecule has 0 aromatic heterocycles. The highest BCUT2D eigenvalue weighted by molar-refractivity contribution is 5.86. The Morgan fingerprint density at radius 3 is 2.14 bits per heavy atom. The lowest BCUT2D eigenvalue weighted by Crippen LogP contribution is -2.49. The molecule has 1 fully saturated rings. The molecule has 0 bridgehead atoms. The molecular weight excluding hydrogens is 280 g/mol. The number of amides is 4. The number of urea groups is 1. The van der Waals surface area contributed by atoms with Crippen LogP contribution in [0.4, 0.5) is 4.79 Å². The van der Waals surface area contributed by atoms with Gasteiger partial charge in [-0.05, 0) is 6.42 Å². The van der Waals surface area contributed by atoms with Crippen LogP contribution >= 0.6 is 0 Å². The first-order valence-electron chi connectivity index (χ1n) is 6.60. The van der Waals surface area contributed by atoms with E-state index in [9.17, 15) is 19.2 Å². The molecule has 1 heterocycles. The summed E-state index contributed by atoms with van der Waals surface area (Å²) in [4.78, 5) is 49.3. The summed E-state index contributed by atoms with van der Waals surface area (Å²) in [5, 5.41) is 8.80. The highest BCUT2D eigenvalue weighted by Gasteiger charge is 2.26. The lowest BCUT2D eigenvalue weighted by Gasteiger charge is -2.28. The highest BCUT2D eigenvalue weighted by atomic mass is 16.4. The molecule has 0 spiro atoms. The number of rotatable bonds is 4. The van der Waals surface area contributed by atoms with Crippen molar-refractivity contribution < 1.29 is 24.3 Å². The Balaban J connectivity index is 2.71. The monoisotopic (exact) mass is 300 g/mol. The van der Waals surface area contributed by atoms with Gasteiger partial charge in [0.15, 0.2) is 0 Å². The number of primary amides is 1. The van der Waals surface area contributed by atoms with E-state index in [1.54, 1.807) is 4.90 Å². The molecule has 0 radical (unpaired) electrons. The van der Waals surface area contributed by atoms with Gasteiger partial charge in [-0.2, -0.15) is 0 Å². The van der Waals surface area contributed by atoms with Crippen LogP contribution in [-0.4, -0.2) is 82.9 Å². The molecule has 0 aliphatic carbocycles. The van der Waals surface area contributed by atoms with Crippen molar-refractivity contribution in [2.75, 3.05) is 39.3 Å². The average molecular weight is 300 g/mol. The van der Waals surface area contributed by atoms with Crippen molar-refractivity contribution >= 4 is 23.8 Å². The SMILES string of the molecule is CC(=O)N1CCCN(C(=O)N(CC(N)=O)CC(=O)O)CC1. The van der Waals surface area contributed by atoms with Gasteiger partial charge < -0.3 is 25.5 Å². The van der Waals surface area contributed by atoms with E-state index in [4.69, 9.17) is 10.8 Å². The second-order valence-corrected chi connectivity index (χ2v) is 4.85.